The molecule has 0 aliphatic rings. The van der Waals surface area contributed by atoms with Crippen molar-refractivity contribution in [3.8, 4) is 5.69 Å². The van der Waals surface area contributed by atoms with Crippen LogP contribution in [-0.4, -0.2) is 16.4 Å². The van der Waals surface area contributed by atoms with E-state index in [0.717, 1.165) is 11.3 Å². The summed E-state index contributed by atoms with van der Waals surface area (Å²) in [7, 11) is 0. The highest BCUT2D eigenvalue weighted by molar-refractivity contribution is 9.10. The first kappa shape index (κ1) is 17.0. The highest BCUT2D eigenvalue weighted by Crippen LogP contribution is 2.17. The number of nitrogens with zero attached hydrogens (tertiary/aromatic N) is 1. The summed E-state index contributed by atoms with van der Waals surface area (Å²) in [5, 5.41) is 0. The van der Waals surface area contributed by atoms with Crippen LogP contribution in [0.1, 0.15) is 26.3 Å². The molecule has 2 N–H and O–H groups in total. The summed E-state index contributed by atoms with van der Waals surface area (Å²) < 4.78 is 2.60. The first-order valence-electron chi connectivity index (χ1n) is 7.65. The van der Waals surface area contributed by atoms with Crippen molar-refractivity contribution in [3.63, 3.8) is 0 Å². The second kappa shape index (κ2) is 7.36. The molecule has 0 bridgehead atoms. The fourth-order valence-electron chi connectivity index (χ4n) is 2.42. The number of carbonyl (C=O) groups is 2. The van der Waals surface area contributed by atoms with Gasteiger partial charge in [0.05, 0.1) is 5.56 Å². The molecule has 0 radical (unpaired) electrons. The number of aromatic nitrogens is 1. The summed E-state index contributed by atoms with van der Waals surface area (Å²) in [5.41, 5.74) is 7.74. The standard InChI is InChI=1S/C19H16BrN3O2/c1-13-8-9-14(12-17(13)23-10-4-5-11-23)18(24)21-22-19(25)15-6-2-3-7-16(15)20/h2-12H,1H3,(H,21,24)(H,22,25). The Balaban J connectivity index is 1.73. The van der Waals surface area contributed by atoms with Crippen molar-refractivity contribution >= 4 is 27.7 Å². The fraction of sp³-hybridized carbons (Fsp3) is 0.0526. The Hall–Kier alpha value is -2.86. The van der Waals surface area contributed by atoms with E-state index >= 15 is 0 Å². The number of halogens is 1. The topological polar surface area (TPSA) is 63.1 Å². The number of hydrazine groups is 1. The van der Waals surface area contributed by atoms with E-state index < -0.39 is 5.91 Å². The third-order valence-corrected chi connectivity index (χ3v) is 4.45. The van der Waals surface area contributed by atoms with Crippen molar-refractivity contribution in [2.75, 3.05) is 0 Å². The number of nitrogens with one attached hydrogen (secondary N) is 2. The third-order valence-electron chi connectivity index (χ3n) is 3.76. The molecule has 0 saturated heterocycles. The number of benzene rings is 2. The van der Waals surface area contributed by atoms with Gasteiger partial charge < -0.3 is 4.57 Å². The Bertz CT molecular complexity index is 920. The lowest BCUT2D eigenvalue weighted by molar-refractivity contribution is 0.0846. The molecule has 3 aromatic rings. The van der Waals surface area contributed by atoms with Gasteiger partial charge in [-0.05, 0) is 64.8 Å². The summed E-state index contributed by atoms with van der Waals surface area (Å²) in [5.74, 6) is -0.771. The summed E-state index contributed by atoms with van der Waals surface area (Å²) in [4.78, 5) is 24.5. The highest BCUT2D eigenvalue weighted by atomic mass is 79.9. The zero-order valence-corrected chi connectivity index (χ0v) is 15.1. The van der Waals surface area contributed by atoms with E-state index in [1.807, 2.05) is 48.1 Å². The number of hydrogen-bond donors (Lipinski definition) is 2. The highest BCUT2D eigenvalue weighted by Gasteiger charge is 2.12. The van der Waals surface area contributed by atoms with Gasteiger partial charge in [-0.1, -0.05) is 18.2 Å². The van der Waals surface area contributed by atoms with Crippen molar-refractivity contribution in [1.82, 2.24) is 15.4 Å². The Labute approximate surface area is 153 Å². The molecule has 6 heteroatoms. The normalized spacial score (nSPS) is 10.3. The minimum Gasteiger partial charge on any atom is -0.324 e. The van der Waals surface area contributed by atoms with Crippen LogP contribution in [0.25, 0.3) is 5.69 Å². The number of aryl methyl sites for hydroxylation is 1. The van der Waals surface area contributed by atoms with E-state index in [4.69, 9.17) is 0 Å². The van der Waals surface area contributed by atoms with Crippen LogP contribution in [0.5, 0.6) is 0 Å². The van der Waals surface area contributed by atoms with Crippen LogP contribution in [0.15, 0.2) is 71.5 Å². The van der Waals surface area contributed by atoms with Gasteiger partial charge in [0.15, 0.2) is 0 Å². The molecule has 2 aromatic carbocycles. The maximum absolute atomic E-state index is 12.4. The van der Waals surface area contributed by atoms with Crippen LogP contribution < -0.4 is 10.9 Å². The van der Waals surface area contributed by atoms with E-state index in [0.29, 0.717) is 15.6 Å². The van der Waals surface area contributed by atoms with Crippen LogP contribution in [0.3, 0.4) is 0 Å². The van der Waals surface area contributed by atoms with Gasteiger partial charge in [-0.15, -0.1) is 0 Å². The smallest absolute Gasteiger partial charge is 0.270 e. The Kier molecular flexibility index (Phi) is 5.00. The van der Waals surface area contributed by atoms with Crippen LogP contribution in [0, 0.1) is 6.92 Å². The van der Waals surface area contributed by atoms with Crippen LogP contribution >= 0.6 is 15.9 Å². The summed E-state index contributed by atoms with van der Waals surface area (Å²) >= 11 is 3.31. The van der Waals surface area contributed by atoms with Crippen LogP contribution in [0.4, 0.5) is 0 Å². The van der Waals surface area contributed by atoms with Crippen molar-refractivity contribution in [2.24, 2.45) is 0 Å². The number of carbonyl (C=O) groups excluding carboxylic acids is 2. The number of rotatable bonds is 3. The molecule has 1 heterocycles. The van der Waals surface area contributed by atoms with E-state index in [1.165, 1.54) is 0 Å². The van der Waals surface area contributed by atoms with E-state index in [1.54, 1.807) is 30.3 Å². The molecule has 0 aliphatic carbocycles. The van der Waals surface area contributed by atoms with E-state index in [9.17, 15) is 9.59 Å². The summed E-state index contributed by atoms with van der Waals surface area (Å²) in [6.45, 7) is 1.98. The quantitative estimate of drug-likeness (QED) is 0.662. The van der Waals surface area contributed by atoms with Crippen molar-refractivity contribution in [2.45, 2.75) is 6.92 Å². The fourth-order valence-corrected chi connectivity index (χ4v) is 2.89. The lowest BCUT2D eigenvalue weighted by Gasteiger charge is -2.11. The summed E-state index contributed by atoms with van der Waals surface area (Å²) in [6, 6.07) is 16.2. The first-order valence-corrected chi connectivity index (χ1v) is 8.45. The predicted molar refractivity (Wildman–Crippen MR) is 99.6 cm³/mol. The van der Waals surface area contributed by atoms with Crippen LogP contribution in [-0.2, 0) is 0 Å². The van der Waals surface area contributed by atoms with E-state index in [-0.39, 0.29) is 5.91 Å². The van der Waals surface area contributed by atoms with E-state index in [2.05, 4.69) is 26.8 Å². The molecule has 0 fully saturated rings. The molecule has 5 nitrogen and oxygen atoms in total. The molecule has 1 aromatic heterocycles. The predicted octanol–water partition coefficient (Wildman–Crippen LogP) is 3.62. The maximum atomic E-state index is 12.4. The van der Waals surface area contributed by atoms with Gasteiger partial charge in [-0.3, -0.25) is 20.4 Å². The molecule has 2 amide bonds. The van der Waals surface area contributed by atoms with Gasteiger partial charge in [0.25, 0.3) is 11.8 Å². The van der Waals surface area contributed by atoms with Crippen molar-refractivity contribution in [1.29, 1.82) is 0 Å². The molecule has 0 saturated carbocycles. The third kappa shape index (κ3) is 3.80. The van der Waals surface area contributed by atoms with Gasteiger partial charge >= 0.3 is 0 Å². The monoisotopic (exact) mass is 397 g/mol. The average Bonchev–Trinajstić information content (AvgIpc) is 3.14. The molecule has 0 spiro atoms. The van der Waals surface area contributed by atoms with Gasteiger partial charge in [0.2, 0.25) is 0 Å². The lowest BCUT2D eigenvalue weighted by Crippen LogP contribution is -2.41. The number of hydrogen-bond acceptors (Lipinski definition) is 2. The molecule has 0 unspecified atom stereocenters. The molecule has 25 heavy (non-hydrogen) atoms. The summed E-state index contributed by atoms with van der Waals surface area (Å²) in [6.07, 6.45) is 3.83. The first-order chi connectivity index (χ1) is 12.1. The second-order valence-electron chi connectivity index (χ2n) is 5.48. The van der Waals surface area contributed by atoms with Gasteiger partial charge in [-0.2, -0.15) is 0 Å². The minimum absolute atomic E-state index is 0.381. The molecule has 126 valence electrons. The van der Waals surface area contributed by atoms with Crippen molar-refractivity contribution < 1.29 is 9.59 Å². The molecular formula is C19H16BrN3O2. The average molecular weight is 398 g/mol. The van der Waals surface area contributed by atoms with Gasteiger partial charge in [0, 0.05) is 28.1 Å². The SMILES string of the molecule is Cc1ccc(C(=O)NNC(=O)c2ccccc2Br)cc1-n1cccc1. The minimum atomic E-state index is -0.390. The second-order valence-corrected chi connectivity index (χ2v) is 6.33. The lowest BCUT2D eigenvalue weighted by atomic mass is 10.1. The molecule has 3 rings (SSSR count). The maximum Gasteiger partial charge on any atom is 0.270 e. The molecular weight excluding hydrogens is 382 g/mol. The Morgan fingerprint density at radius 2 is 1.60 bits per heavy atom. The zero-order valence-electron chi connectivity index (χ0n) is 13.5. The Morgan fingerprint density at radius 3 is 2.32 bits per heavy atom. The van der Waals surface area contributed by atoms with Crippen molar-refractivity contribution in [3.05, 3.63) is 88.2 Å². The van der Waals surface area contributed by atoms with Gasteiger partial charge in [0.1, 0.15) is 0 Å². The van der Waals surface area contributed by atoms with Crippen LogP contribution in [0.2, 0.25) is 0 Å². The zero-order chi connectivity index (χ0) is 17.8. The number of amides is 2. The largest absolute Gasteiger partial charge is 0.324 e. The molecule has 0 aliphatic heterocycles. The Morgan fingerprint density at radius 1 is 0.920 bits per heavy atom. The molecule has 0 atom stereocenters. The van der Waals surface area contributed by atoms with Gasteiger partial charge in [-0.25, -0.2) is 0 Å².